The number of rotatable bonds is 6. The summed E-state index contributed by atoms with van der Waals surface area (Å²) in [4.78, 5) is 28.4. The van der Waals surface area contributed by atoms with Crippen LogP contribution in [0.25, 0.3) is 5.69 Å². The first-order valence-electron chi connectivity index (χ1n) is 11.0. The van der Waals surface area contributed by atoms with Crippen molar-refractivity contribution in [2.24, 2.45) is 5.41 Å². The molecule has 2 aromatic rings. The number of aliphatic hydroxyl groups is 1. The molecule has 2 saturated heterocycles. The van der Waals surface area contributed by atoms with Crippen molar-refractivity contribution < 1.29 is 24.2 Å². The fourth-order valence-corrected chi connectivity index (χ4v) is 4.98. The van der Waals surface area contributed by atoms with E-state index in [2.05, 4.69) is 20.4 Å². The number of benzene rings is 1. The van der Waals surface area contributed by atoms with Crippen LogP contribution in [0.1, 0.15) is 30.9 Å². The number of aliphatic hydroxyl groups excluding tert-OH is 1. The lowest BCUT2D eigenvalue weighted by atomic mass is 9.77. The number of methoxy groups -OCH3 is 1. The number of aromatic nitrogens is 4. The van der Waals surface area contributed by atoms with Crippen LogP contribution in [-0.4, -0.2) is 86.9 Å². The standard InChI is InChI=1S/C22H26N6O5/c1-32-19-10-15(28-14-23-24-25-28)2-3-17(19)18(29)12-26-7-4-22(5-8-26)6-9-27(21(22)31)16-11-20(30)33-13-16/h2-3,10-11,14,18,29H,4-9,12-13H2,1H3. The highest BCUT2D eigenvalue weighted by atomic mass is 16.5. The van der Waals surface area contributed by atoms with Crippen molar-refractivity contribution in [3.05, 3.63) is 41.9 Å². The minimum absolute atomic E-state index is 0.0899. The zero-order valence-corrected chi connectivity index (χ0v) is 18.4. The third-order valence-electron chi connectivity index (χ3n) is 6.94. The molecule has 1 amide bonds. The van der Waals surface area contributed by atoms with E-state index in [9.17, 15) is 14.7 Å². The molecule has 3 aliphatic heterocycles. The molecule has 1 spiro atoms. The van der Waals surface area contributed by atoms with Gasteiger partial charge in [-0.3, -0.25) is 4.79 Å². The number of likely N-dealkylation sites (tertiary alicyclic amines) is 2. The third kappa shape index (κ3) is 3.98. The van der Waals surface area contributed by atoms with Crippen LogP contribution in [0.2, 0.25) is 0 Å². The molecule has 1 N–H and O–H groups in total. The fraction of sp³-hybridized carbons (Fsp3) is 0.500. The number of carbonyl (C=O) groups is 2. The van der Waals surface area contributed by atoms with Gasteiger partial charge in [-0.15, -0.1) is 5.10 Å². The molecule has 1 aromatic heterocycles. The van der Waals surface area contributed by atoms with E-state index in [0.29, 0.717) is 30.1 Å². The zero-order valence-electron chi connectivity index (χ0n) is 18.4. The van der Waals surface area contributed by atoms with E-state index in [1.54, 1.807) is 18.1 Å². The molecular weight excluding hydrogens is 428 g/mol. The van der Waals surface area contributed by atoms with Crippen LogP contribution < -0.4 is 4.74 Å². The number of hydrogen-bond acceptors (Lipinski definition) is 9. The number of amides is 1. The van der Waals surface area contributed by atoms with Gasteiger partial charge in [-0.25, -0.2) is 9.48 Å². The van der Waals surface area contributed by atoms with Crippen molar-refractivity contribution in [1.82, 2.24) is 30.0 Å². The lowest BCUT2D eigenvalue weighted by Crippen LogP contribution is -2.45. The van der Waals surface area contributed by atoms with Gasteiger partial charge in [-0.1, -0.05) is 6.07 Å². The van der Waals surface area contributed by atoms with Gasteiger partial charge in [0.25, 0.3) is 0 Å². The van der Waals surface area contributed by atoms with E-state index < -0.39 is 6.10 Å². The summed E-state index contributed by atoms with van der Waals surface area (Å²) in [7, 11) is 1.56. The summed E-state index contributed by atoms with van der Waals surface area (Å²) in [6.45, 7) is 2.68. The number of cyclic esters (lactones) is 1. The zero-order chi connectivity index (χ0) is 23.0. The third-order valence-corrected chi connectivity index (χ3v) is 6.94. The van der Waals surface area contributed by atoms with Crippen molar-refractivity contribution >= 4 is 11.9 Å². The minimum Gasteiger partial charge on any atom is -0.496 e. The van der Waals surface area contributed by atoms with Gasteiger partial charge in [-0.05, 0) is 48.8 Å². The van der Waals surface area contributed by atoms with E-state index in [0.717, 1.165) is 38.0 Å². The molecule has 0 aliphatic carbocycles. The molecule has 174 valence electrons. The van der Waals surface area contributed by atoms with Crippen LogP contribution in [0.4, 0.5) is 0 Å². The molecule has 5 rings (SSSR count). The quantitative estimate of drug-likeness (QED) is 0.620. The number of esters is 1. The summed E-state index contributed by atoms with van der Waals surface area (Å²) >= 11 is 0. The maximum atomic E-state index is 13.2. The second-order valence-corrected chi connectivity index (χ2v) is 8.73. The second-order valence-electron chi connectivity index (χ2n) is 8.73. The maximum absolute atomic E-state index is 13.2. The van der Waals surface area contributed by atoms with Crippen LogP contribution in [0.3, 0.4) is 0 Å². The van der Waals surface area contributed by atoms with Crippen molar-refractivity contribution in [1.29, 1.82) is 0 Å². The summed E-state index contributed by atoms with van der Waals surface area (Å²) in [5.74, 6) is 0.267. The van der Waals surface area contributed by atoms with Gasteiger partial charge in [0.1, 0.15) is 18.7 Å². The smallest absolute Gasteiger partial charge is 0.333 e. The summed E-state index contributed by atoms with van der Waals surface area (Å²) in [6, 6.07) is 5.45. The molecule has 0 bridgehead atoms. The highest BCUT2D eigenvalue weighted by Crippen LogP contribution is 2.43. The van der Waals surface area contributed by atoms with Gasteiger partial charge in [0.05, 0.1) is 30.0 Å². The van der Waals surface area contributed by atoms with E-state index in [1.807, 2.05) is 12.1 Å². The molecule has 1 aromatic carbocycles. The van der Waals surface area contributed by atoms with E-state index in [-0.39, 0.29) is 23.9 Å². The Morgan fingerprint density at radius 3 is 2.67 bits per heavy atom. The number of β-amino-alcohol motifs (C(OH)–C–C–N with tert-alkyl or cyclic N) is 1. The Morgan fingerprint density at radius 1 is 1.21 bits per heavy atom. The maximum Gasteiger partial charge on any atom is 0.333 e. The molecule has 1 unspecified atom stereocenters. The topological polar surface area (TPSA) is 123 Å². The molecule has 0 saturated carbocycles. The van der Waals surface area contributed by atoms with Crippen LogP contribution >= 0.6 is 0 Å². The van der Waals surface area contributed by atoms with Gasteiger partial charge in [0, 0.05) is 30.8 Å². The molecule has 4 heterocycles. The molecule has 33 heavy (non-hydrogen) atoms. The van der Waals surface area contributed by atoms with Crippen LogP contribution in [0.5, 0.6) is 5.75 Å². The van der Waals surface area contributed by atoms with Crippen LogP contribution in [0.15, 0.2) is 36.3 Å². The fourth-order valence-electron chi connectivity index (χ4n) is 4.98. The number of piperidine rings is 1. The summed E-state index contributed by atoms with van der Waals surface area (Å²) < 4.78 is 12.0. The number of nitrogens with zero attached hydrogens (tertiary/aromatic N) is 6. The summed E-state index contributed by atoms with van der Waals surface area (Å²) in [5.41, 5.74) is 1.70. The minimum atomic E-state index is -0.737. The molecule has 11 heteroatoms. The molecular formula is C22H26N6O5. The average molecular weight is 454 g/mol. The molecule has 11 nitrogen and oxygen atoms in total. The monoisotopic (exact) mass is 454 g/mol. The lowest BCUT2D eigenvalue weighted by molar-refractivity contribution is -0.138. The Hall–Kier alpha value is -3.31. The Labute approximate surface area is 190 Å². The highest BCUT2D eigenvalue weighted by Gasteiger charge is 2.49. The second kappa shape index (κ2) is 8.56. The molecule has 3 aliphatic rings. The predicted molar refractivity (Wildman–Crippen MR) is 114 cm³/mol. The van der Waals surface area contributed by atoms with Crippen LogP contribution in [-0.2, 0) is 14.3 Å². The van der Waals surface area contributed by atoms with Crippen molar-refractivity contribution in [3.8, 4) is 11.4 Å². The van der Waals surface area contributed by atoms with Crippen molar-refractivity contribution in [2.45, 2.75) is 25.4 Å². The summed E-state index contributed by atoms with van der Waals surface area (Å²) in [6.07, 6.45) is 4.41. The first-order valence-corrected chi connectivity index (χ1v) is 11.0. The van der Waals surface area contributed by atoms with E-state index >= 15 is 0 Å². The SMILES string of the molecule is COc1cc(-n2cnnn2)ccc1C(O)CN1CCC2(CC1)CCN(C1=CC(=O)OC1)C2=O. The highest BCUT2D eigenvalue weighted by molar-refractivity contribution is 5.90. The van der Waals surface area contributed by atoms with Crippen molar-refractivity contribution in [2.75, 3.05) is 39.9 Å². The number of tetrazole rings is 1. The first-order chi connectivity index (χ1) is 16.0. The van der Waals surface area contributed by atoms with Gasteiger partial charge in [0.2, 0.25) is 5.91 Å². The van der Waals surface area contributed by atoms with E-state index in [1.165, 1.54) is 17.1 Å². The Morgan fingerprint density at radius 2 is 2.00 bits per heavy atom. The Kier molecular flexibility index (Phi) is 5.59. The molecule has 0 radical (unpaired) electrons. The normalized spacial score (nSPS) is 21.4. The molecule has 2 fully saturated rings. The largest absolute Gasteiger partial charge is 0.496 e. The van der Waals surface area contributed by atoms with Crippen molar-refractivity contribution in [3.63, 3.8) is 0 Å². The van der Waals surface area contributed by atoms with Gasteiger partial charge in [0.15, 0.2) is 0 Å². The number of carbonyl (C=O) groups excluding carboxylic acids is 2. The number of ether oxygens (including phenoxy) is 2. The number of hydrogen-bond donors (Lipinski definition) is 1. The molecule has 1 atom stereocenters. The van der Waals surface area contributed by atoms with Gasteiger partial charge in [-0.2, -0.15) is 0 Å². The first kappa shape index (κ1) is 21.5. The Balaban J connectivity index is 1.21. The van der Waals surface area contributed by atoms with Gasteiger partial charge >= 0.3 is 5.97 Å². The lowest BCUT2D eigenvalue weighted by Gasteiger charge is -2.38. The average Bonchev–Trinajstić information content (AvgIpc) is 3.57. The van der Waals surface area contributed by atoms with Crippen LogP contribution in [0, 0.1) is 5.41 Å². The predicted octanol–water partition coefficient (Wildman–Crippen LogP) is 0.460. The van der Waals surface area contributed by atoms with Gasteiger partial charge < -0.3 is 24.4 Å². The van der Waals surface area contributed by atoms with E-state index in [4.69, 9.17) is 9.47 Å². The Bertz CT molecular complexity index is 1080. The summed E-state index contributed by atoms with van der Waals surface area (Å²) in [5, 5.41) is 22.1.